The first-order valence-electron chi connectivity index (χ1n) is 11.6. The minimum atomic E-state index is -0.392. The third kappa shape index (κ3) is 12.2. The Kier molecular flexibility index (Phi) is 13.1. The molecule has 0 fully saturated rings. The summed E-state index contributed by atoms with van der Waals surface area (Å²) in [7, 11) is 0. The van der Waals surface area contributed by atoms with Crippen molar-refractivity contribution in [3.63, 3.8) is 0 Å². The van der Waals surface area contributed by atoms with Gasteiger partial charge in [0.15, 0.2) is 0 Å². The van der Waals surface area contributed by atoms with E-state index in [1.54, 1.807) is 0 Å². The second-order valence-electron chi connectivity index (χ2n) is 7.75. The molecule has 0 aliphatic rings. The SMILES string of the molecule is CCCCOC(=O)Nc1ccc(CCOCCCCCCNCc2ccccc2)cc1. The summed E-state index contributed by atoms with van der Waals surface area (Å²) in [4.78, 5) is 11.6. The van der Waals surface area contributed by atoms with E-state index in [4.69, 9.17) is 9.47 Å². The van der Waals surface area contributed by atoms with Crippen LogP contribution in [0.15, 0.2) is 54.6 Å². The van der Waals surface area contributed by atoms with Gasteiger partial charge in [-0.3, -0.25) is 5.32 Å². The van der Waals surface area contributed by atoms with Crippen LogP contribution in [0, 0.1) is 0 Å². The highest BCUT2D eigenvalue weighted by Gasteiger charge is 2.03. The number of hydrogen-bond acceptors (Lipinski definition) is 4. The van der Waals surface area contributed by atoms with Crippen LogP contribution in [0.5, 0.6) is 0 Å². The number of amides is 1. The van der Waals surface area contributed by atoms with Crippen molar-refractivity contribution in [1.29, 1.82) is 0 Å². The molecule has 0 aromatic heterocycles. The number of anilines is 1. The number of hydrogen-bond donors (Lipinski definition) is 2. The third-order valence-electron chi connectivity index (χ3n) is 5.03. The Morgan fingerprint density at radius 2 is 1.58 bits per heavy atom. The molecule has 5 nitrogen and oxygen atoms in total. The van der Waals surface area contributed by atoms with E-state index in [9.17, 15) is 4.79 Å². The van der Waals surface area contributed by atoms with Crippen LogP contribution in [0.1, 0.15) is 56.6 Å². The fourth-order valence-electron chi connectivity index (χ4n) is 3.15. The number of carbonyl (C=O) groups excluding carboxylic acids is 1. The fourth-order valence-corrected chi connectivity index (χ4v) is 3.15. The first kappa shape index (κ1) is 24.9. The highest BCUT2D eigenvalue weighted by atomic mass is 16.5. The first-order valence-corrected chi connectivity index (χ1v) is 11.6. The molecule has 0 unspecified atom stereocenters. The zero-order valence-corrected chi connectivity index (χ0v) is 18.9. The molecular formula is C26H38N2O3. The predicted molar refractivity (Wildman–Crippen MR) is 127 cm³/mol. The monoisotopic (exact) mass is 426 g/mol. The Bertz CT molecular complexity index is 704. The van der Waals surface area contributed by atoms with E-state index in [0.29, 0.717) is 6.61 Å². The molecule has 5 heteroatoms. The van der Waals surface area contributed by atoms with Crippen LogP contribution in [-0.2, 0) is 22.4 Å². The molecule has 0 saturated heterocycles. The predicted octanol–water partition coefficient (Wildman–Crippen LogP) is 5.94. The maximum absolute atomic E-state index is 11.6. The van der Waals surface area contributed by atoms with Crippen LogP contribution in [0.3, 0.4) is 0 Å². The lowest BCUT2D eigenvalue weighted by Crippen LogP contribution is -2.14. The van der Waals surface area contributed by atoms with Gasteiger partial charge in [0, 0.05) is 18.8 Å². The van der Waals surface area contributed by atoms with E-state index in [0.717, 1.165) is 57.7 Å². The number of rotatable bonds is 16. The highest BCUT2D eigenvalue weighted by Crippen LogP contribution is 2.11. The minimum Gasteiger partial charge on any atom is -0.449 e. The second-order valence-corrected chi connectivity index (χ2v) is 7.75. The number of benzene rings is 2. The smallest absolute Gasteiger partial charge is 0.411 e. The Morgan fingerprint density at radius 1 is 0.806 bits per heavy atom. The molecule has 170 valence electrons. The quantitative estimate of drug-likeness (QED) is 0.326. The Balaban J connectivity index is 1.42. The lowest BCUT2D eigenvalue weighted by Gasteiger charge is -2.08. The van der Waals surface area contributed by atoms with Gasteiger partial charge in [-0.2, -0.15) is 0 Å². The van der Waals surface area contributed by atoms with Crippen LogP contribution < -0.4 is 10.6 Å². The zero-order valence-electron chi connectivity index (χ0n) is 18.9. The van der Waals surface area contributed by atoms with Gasteiger partial charge in [-0.05, 0) is 55.5 Å². The van der Waals surface area contributed by atoms with Gasteiger partial charge in [-0.1, -0.05) is 68.7 Å². The summed E-state index contributed by atoms with van der Waals surface area (Å²) in [5.41, 5.74) is 3.30. The highest BCUT2D eigenvalue weighted by molar-refractivity contribution is 5.84. The molecule has 0 bridgehead atoms. The van der Waals surface area contributed by atoms with Crippen LogP contribution in [-0.4, -0.2) is 32.5 Å². The van der Waals surface area contributed by atoms with Gasteiger partial charge in [0.2, 0.25) is 0 Å². The van der Waals surface area contributed by atoms with Gasteiger partial charge in [-0.15, -0.1) is 0 Å². The van der Waals surface area contributed by atoms with E-state index < -0.39 is 6.09 Å². The molecule has 2 rings (SSSR count). The van der Waals surface area contributed by atoms with Crippen LogP contribution in [0.2, 0.25) is 0 Å². The summed E-state index contributed by atoms with van der Waals surface area (Å²) >= 11 is 0. The van der Waals surface area contributed by atoms with Crippen molar-refractivity contribution in [1.82, 2.24) is 5.32 Å². The number of unbranched alkanes of at least 4 members (excludes halogenated alkanes) is 4. The van der Waals surface area contributed by atoms with Crippen LogP contribution in [0.25, 0.3) is 0 Å². The van der Waals surface area contributed by atoms with Crippen LogP contribution >= 0.6 is 0 Å². The largest absolute Gasteiger partial charge is 0.449 e. The second kappa shape index (κ2) is 16.3. The molecule has 0 atom stereocenters. The third-order valence-corrected chi connectivity index (χ3v) is 5.03. The average Bonchev–Trinajstić information content (AvgIpc) is 2.79. The summed E-state index contributed by atoms with van der Waals surface area (Å²) in [6.45, 7) is 6.09. The zero-order chi connectivity index (χ0) is 22.0. The molecule has 31 heavy (non-hydrogen) atoms. The normalized spacial score (nSPS) is 10.7. The topological polar surface area (TPSA) is 59.6 Å². The Labute approximate surface area is 187 Å². The molecule has 0 spiro atoms. The summed E-state index contributed by atoms with van der Waals surface area (Å²) in [6, 6.07) is 18.4. The summed E-state index contributed by atoms with van der Waals surface area (Å²) in [6.07, 6.45) is 7.15. The molecule has 2 aromatic rings. The standard InChI is InChI=1S/C26H38N2O3/c1-2-3-20-31-26(29)28-25-15-13-23(14-16-25)17-21-30-19-10-5-4-9-18-27-22-24-11-7-6-8-12-24/h6-8,11-16,27H,2-5,9-10,17-22H2,1H3,(H,28,29). The average molecular weight is 427 g/mol. The van der Waals surface area contributed by atoms with Gasteiger partial charge in [0.1, 0.15) is 0 Å². The van der Waals surface area contributed by atoms with E-state index in [-0.39, 0.29) is 0 Å². The molecule has 2 N–H and O–H groups in total. The van der Waals surface area contributed by atoms with Gasteiger partial charge in [0.25, 0.3) is 0 Å². The maximum atomic E-state index is 11.6. The lowest BCUT2D eigenvalue weighted by molar-refractivity contribution is 0.133. The molecule has 0 heterocycles. The van der Waals surface area contributed by atoms with Crippen molar-refractivity contribution in [3.8, 4) is 0 Å². The molecule has 0 aliphatic carbocycles. The number of carbonyl (C=O) groups is 1. The van der Waals surface area contributed by atoms with Crippen molar-refractivity contribution < 1.29 is 14.3 Å². The Morgan fingerprint density at radius 3 is 2.35 bits per heavy atom. The summed E-state index contributed by atoms with van der Waals surface area (Å²) in [5, 5.41) is 6.24. The van der Waals surface area contributed by atoms with Gasteiger partial charge in [0.05, 0.1) is 13.2 Å². The number of ether oxygens (including phenoxy) is 2. The number of nitrogens with one attached hydrogen (secondary N) is 2. The van der Waals surface area contributed by atoms with E-state index in [1.807, 2.05) is 24.3 Å². The van der Waals surface area contributed by atoms with E-state index in [1.165, 1.54) is 30.4 Å². The lowest BCUT2D eigenvalue weighted by atomic mass is 10.1. The molecular weight excluding hydrogens is 388 g/mol. The molecule has 0 saturated carbocycles. The molecule has 1 amide bonds. The molecule has 0 aliphatic heterocycles. The first-order chi connectivity index (χ1) is 15.3. The van der Waals surface area contributed by atoms with Gasteiger partial charge in [-0.25, -0.2) is 4.79 Å². The Hall–Kier alpha value is -2.37. The van der Waals surface area contributed by atoms with Crippen molar-refractivity contribution >= 4 is 11.8 Å². The van der Waals surface area contributed by atoms with Crippen molar-refractivity contribution in [2.45, 2.75) is 58.4 Å². The molecule has 2 aromatic carbocycles. The van der Waals surface area contributed by atoms with Crippen molar-refractivity contribution in [3.05, 3.63) is 65.7 Å². The summed E-state index contributed by atoms with van der Waals surface area (Å²) < 4.78 is 10.9. The summed E-state index contributed by atoms with van der Waals surface area (Å²) in [5.74, 6) is 0. The maximum Gasteiger partial charge on any atom is 0.411 e. The van der Waals surface area contributed by atoms with E-state index in [2.05, 4.69) is 47.9 Å². The van der Waals surface area contributed by atoms with E-state index >= 15 is 0 Å². The van der Waals surface area contributed by atoms with Crippen LogP contribution in [0.4, 0.5) is 10.5 Å². The van der Waals surface area contributed by atoms with Crippen molar-refractivity contribution in [2.75, 3.05) is 31.7 Å². The minimum absolute atomic E-state index is 0.392. The molecule has 0 radical (unpaired) electrons. The van der Waals surface area contributed by atoms with Gasteiger partial charge < -0.3 is 14.8 Å². The van der Waals surface area contributed by atoms with Gasteiger partial charge >= 0.3 is 6.09 Å². The fraction of sp³-hybridized carbons (Fsp3) is 0.500. The van der Waals surface area contributed by atoms with Crippen molar-refractivity contribution in [2.24, 2.45) is 0 Å².